The second-order valence-corrected chi connectivity index (χ2v) is 6.27. The van der Waals surface area contributed by atoms with Crippen molar-refractivity contribution >= 4 is 17.7 Å². The Labute approximate surface area is 133 Å². The third-order valence-corrected chi connectivity index (χ3v) is 4.75. The summed E-state index contributed by atoms with van der Waals surface area (Å²) >= 11 is 1.50. The monoisotopic (exact) mass is 317 g/mol. The van der Waals surface area contributed by atoms with E-state index in [-0.39, 0.29) is 5.91 Å². The highest BCUT2D eigenvalue weighted by atomic mass is 32.2. The fraction of sp³-hybridized carbons (Fsp3) is 0.375. The van der Waals surface area contributed by atoms with E-state index in [4.69, 9.17) is 4.74 Å². The van der Waals surface area contributed by atoms with Gasteiger partial charge in [0.25, 0.3) is 0 Å². The molecule has 6 heteroatoms. The zero-order valence-corrected chi connectivity index (χ0v) is 13.3. The molecule has 0 spiro atoms. The first-order valence-corrected chi connectivity index (χ1v) is 8.33. The van der Waals surface area contributed by atoms with Crippen LogP contribution in [0.3, 0.4) is 0 Å². The van der Waals surface area contributed by atoms with Crippen LogP contribution in [0.1, 0.15) is 23.4 Å². The number of carbonyl (C=O) groups excluding carboxylic acids is 1. The summed E-state index contributed by atoms with van der Waals surface area (Å²) in [6.45, 7) is 0.503. The summed E-state index contributed by atoms with van der Waals surface area (Å²) < 4.78 is 5.18. The smallest absolute Gasteiger partial charge is 0.230 e. The Balaban J connectivity index is 1.48. The highest BCUT2D eigenvalue weighted by Crippen LogP contribution is 2.23. The maximum absolute atomic E-state index is 12.0. The van der Waals surface area contributed by atoms with E-state index in [0.29, 0.717) is 12.3 Å². The largest absolute Gasteiger partial charge is 0.497 e. The molecule has 2 N–H and O–H groups in total. The molecule has 1 aliphatic carbocycles. The van der Waals surface area contributed by atoms with Crippen molar-refractivity contribution in [1.29, 1.82) is 0 Å². The topological polar surface area (TPSA) is 67.0 Å². The predicted molar refractivity (Wildman–Crippen MR) is 86.2 cm³/mol. The van der Waals surface area contributed by atoms with Gasteiger partial charge in [-0.15, -0.1) is 11.8 Å². The number of hydrogen-bond donors (Lipinski definition) is 2. The molecule has 0 atom stereocenters. The van der Waals surface area contributed by atoms with Crippen LogP contribution < -0.4 is 10.1 Å². The number of ether oxygens (including phenoxy) is 1. The van der Waals surface area contributed by atoms with Crippen molar-refractivity contribution in [2.24, 2.45) is 0 Å². The molecule has 3 rings (SSSR count). The van der Waals surface area contributed by atoms with Crippen molar-refractivity contribution in [1.82, 2.24) is 15.5 Å². The number of methoxy groups -OCH3 is 1. The normalized spacial score (nSPS) is 13.0. The molecule has 0 aliphatic heterocycles. The number of carbonyl (C=O) groups is 1. The summed E-state index contributed by atoms with van der Waals surface area (Å²) in [7, 11) is 1.64. The molecule has 0 unspecified atom stereocenters. The molecule has 1 aromatic carbocycles. The molecule has 0 fully saturated rings. The molecule has 1 aliphatic rings. The number of benzene rings is 1. The second kappa shape index (κ2) is 6.87. The van der Waals surface area contributed by atoms with E-state index >= 15 is 0 Å². The van der Waals surface area contributed by atoms with Gasteiger partial charge in [0.2, 0.25) is 5.91 Å². The molecule has 1 amide bonds. The lowest BCUT2D eigenvalue weighted by Crippen LogP contribution is -2.25. The number of thioether (sulfide) groups is 1. The zero-order valence-electron chi connectivity index (χ0n) is 12.5. The van der Waals surface area contributed by atoms with Crippen LogP contribution in [-0.2, 0) is 24.2 Å². The van der Waals surface area contributed by atoms with E-state index < -0.39 is 0 Å². The van der Waals surface area contributed by atoms with E-state index in [1.807, 2.05) is 24.3 Å². The lowest BCUT2D eigenvalue weighted by molar-refractivity contribution is -0.118. The third kappa shape index (κ3) is 3.44. The number of nitrogens with zero attached hydrogens (tertiary/aromatic N) is 1. The number of nitrogens with one attached hydrogen (secondary N) is 2. The maximum atomic E-state index is 12.0. The number of rotatable bonds is 6. The number of H-pyrrole nitrogens is 1. The van der Waals surface area contributed by atoms with E-state index in [1.54, 1.807) is 7.11 Å². The Bertz CT molecular complexity index is 669. The Morgan fingerprint density at radius 2 is 2.36 bits per heavy atom. The van der Waals surface area contributed by atoms with Gasteiger partial charge in [0.1, 0.15) is 5.75 Å². The van der Waals surface area contributed by atoms with Gasteiger partial charge in [-0.1, -0.05) is 6.07 Å². The van der Waals surface area contributed by atoms with Crippen LogP contribution in [0.25, 0.3) is 0 Å². The lowest BCUT2D eigenvalue weighted by Gasteiger charge is -2.06. The number of fused-ring (bicyclic) bond motifs is 1. The molecule has 0 saturated carbocycles. The van der Waals surface area contributed by atoms with Crippen molar-refractivity contribution in [3.8, 4) is 5.75 Å². The minimum atomic E-state index is 0.0163. The Hall–Kier alpha value is -1.95. The Kier molecular flexibility index (Phi) is 4.68. The summed E-state index contributed by atoms with van der Waals surface area (Å²) in [5.41, 5.74) is 3.50. The summed E-state index contributed by atoms with van der Waals surface area (Å²) in [5.74, 6) is 1.21. The fourth-order valence-electron chi connectivity index (χ4n) is 2.61. The van der Waals surface area contributed by atoms with Gasteiger partial charge in [-0.3, -0.25) is 9.89 Å². The summed E-state index contributed by atoms with van der Waals surface area (Å²) in [5, 5.41) is 10.3. The van der Waals surface area contributed by atoms with Gasteiger partial charge < -0.3 is 10.1 Å². The van der Waals surface area contributed by atoms with Crippen LogP contribution in [0, 0.1) is 0 Å². The van der Waals surface area contributed by atoms with Crippen molar-refractivity contribution in [2.75, 3.05) is 12.9 Å². The molecular weight excluding hydrogens is 298 g/mol. The van der Waals surface area contributed by atoms with Crippen molar-refractivity contribution < 1.29 is 9.53 Å². The first-order chi connectivity index (χ1) is 10.8. The number of hydrogen-bond acceptors (Lipinski definition) is 4. The van der Waals surface area contributed by atoms with E-state index in [9.17, 15) is 4.79 Å². The molecule has 1 heterocycles. The number of aromatic amines is 1. The van der Waals surface area contributed by atoms with E-state index in [1.165, 1.54) is 29.4 Å². The molecule has 22 heavy (non-hydrogen) atoms. The minimum Gasteiger partial charge on any atom is -0.497 e. The van der Waals surface area contributed by atoms with Crippen molar-refractivity contribution in [2.45, 2.75) is 30.7 Å². The number of aryl methyl sites for hydroxylation is 1. The second-order valence-electron chi connectivity index (χ2n) is 5.23. The predicted octanol–water partition coefficient (Wildman–Crippen LogP) is 2.32. The minimum absolute atomic E-state index is 0.0163. The quantitative estimate of drug-likeness (QED) is 0.802. The summed E-state index contributed by atoms with van der Waals surface area (Å²) in [4.78, 5) is 13.0. The van der Waals surface area contributed by atoms with Crippen LogP contribution in [0.2, 0.25) is 0 Å². The zero-order chi connectivity index (χ0) is 15.4. The molecule has 5 nitrogen and oxygen atoms in total. The van der Waals surface area contributed by atoms with Crippen LogP contribution in [-0.4, -0.2) is 29.0 Å². The molecule has 0 radical (unpaired) electrons. The third-order valence-electron chi connectivity index (χ3n) is 3.76. The molecule has 2 aromatic rings. The molecule has 0 saturated heterocycles. The summed E-state index contributed by atoms with van der Waals surface area (Å²) in [6, 6.07) is 7.72. The highest BCUT2D eigenvalue weighted by Gasteiger charge is 2.18. The van der Waals surface area contributed by atoms with Crippen LogP contribution in [0.5, 0.6) is 5.75 Å². The average Bonchev–Trinajstić information content (AvgIpc) is 3.15. The van der Waals surface area contributed by atoms with Crippen LogP contribution >= 0.6 is 11.8 Å². The fourth-order valence-corrected chi connectivity index (χ4v) is 3.38. The molecular formula is C16H19N3O2S. The highest BCUT2D eigenvalue weighted by molar-refractivity contribution is 8.00. The number of amides is 1. The first-order valence-electron chi connectivity index (χ1n) is 7.35. The van der Waals surface area contributed by atoms with Crippen molar-refractivity contribution in [3.63, 3.8) is 0 Å². The van der Waals surface area contributed by atoms with Gasteiger partial charge in [-0.25, -0.2) is 0 Å². The van der Waals surface area contributed by atoms with Gasteiger partial charge in [0.15, 0.2) is 0 Å². The van der Waals surface area contributed by atoms with Gasteiger partial charge in [0.05, 0.1) is 25.1 Å². The van der Waals surface area contributed by atoms with E-state index in [0.717, 1.165) is 29.2 Å². The molecule has 1 aromatic heterocycles. The molecule has 116 valence electrons. The first kappa shape index (κ1) is 15.0. The Morgan fingerprint density at radius 3 is 3.23 bits per heavy atom. The standard InChI is InChI=1S/C16H19N3O2S/c1-21-11-4-2-5-12(8-11)22-10-16(20)17-9-15-13-6-3-7-14(13)18-19-15/h2,4-5,8H,3,6-7,9-10H2,1H3,(H,17,20)(H,18,19). The molecule has 0 bridgehead atoms. The van der Waals surface area contributed by atoms with Crippen molar-refractivity contribution in [3.05, 3.63) is 41.2 Å². The SMILES string of the molecule is COc1cccc(SCC(=O)NCc2n[nH]c3c2CCC3)c1. The van der Waals surface area contributed by atoms with Crippen LogP contribution in [0.15, 0.2) is 29.2 Å². The van der Waals surface area contributed by atoms with Crippen LogP contribution in [0.4, 0.5) is 0 Å². The Morgan fingerprint density at radius 1 is 1.45 bits per heavy atom. The van der Waals surface area contributed by atoms with Gasteiger partial charge in [-0.2, -0.15) is 5.10 Å². The van der Waals surface area contributed by atoms with Gasteiger partial charge >= 0.3 is 0 Å². The van der Waals surface area contributed by atoms with Gasteiger partial charge in [0, 0.05) is 10.6 Å². The van der Waals surface area contributed by atoms with Gasteiger partial charge in [-0.05, 0) is 43.0 Å². The lowest BCUT2D eigenvalue weighted by atomic mass is 10.2. The average molecular weight is 317 g/mol. The summed E-state index contributed by atoms with van der Waals surface area (Å²) in [6.07, 6.45) is 3.31. The maximum Gasteiger partial charge on any atom is 0.230 e. The number of aromatic nitrogens is 2. The van der Waals surface area contributed by atoms with E-state index in [2.05, 4.69) is 15.5 Å².